The van der Waals surface area contributed by atoms with E-state index in [2.05, 4.69) is 41.5 Å². The van der Waals surface area contributed by atoms with Crippen molar-refractivity contribution >= 4 is 21.6 Å². The first-order valence-corrected chi connectivity index (χ1v) is 16.2. The van der Waals surface area contributed by atoms with Crippen LogP contribution in [0.4, 0.5) is 10.5 Å². The van der Waals surface area contributed by atoms with Gasteiger partial charge in [-0.3, -0.25) is 0 Å². The van der Waals surface area contributed by atoms with Crippen molar-refractivity contribution < 1.29 is 17.7 Å². The molecule has 2 amide bonds. The Kier molecular flexibility index (Phi) is 9.26. The molecule has 41 heavy (non-hydrogen) atoms. The number of carbonyl (C=O) groups excluding carboxylic acids is 1. The molecule has 1 aliphatic rings. The van der Waals surface area contributed by atoms with E-state index in [0.29, 0.717) is 33.8 Å². The number of aromatic nitrogens is 2. The van der Waals surface area contributed by atoms with Crippen LogP contribution in [0.25, 0.3) is 0 Å². The van der Waals surface area contributed by atoms with Crippen molar-refractivity contribution in [2.45, 2.75) is 108 Å². The molecule has 1 fully saturated rings. The maximum absolute atomic E-state index is 13.0. The van der Waals surface area contributed by atoms with Crippen LogP contribution >= 0.6 is 0 Å². The Hall–Kier alpha value is -3.20. The number of anilines is 1. The minimum Gasteiger partial charge on any atom is -0.337 e. The van der Waals surface area contributed by atoms with Crippen LogP contribution in [-0.2, 0) is 26.4 Å². The largest absolute Gasteiger partial charge is 0.337 e. The number of sulfone groups is 1. The van der Waals surface area contributed by atoms with Gasteiger partial charge < -0.3 is 15.2 Å². The van der Waals surface area contributed by atoms with Crippen LogP contribution in [0.1, 0.15) is 109 Å². The Bertz CT molecular complexity index is 1410. The number of rotatable bonds is 8. The summed E-state index contributed by atoms with van der Waals surface area (Å²) in [6.45, 7) is 12.4. The third-order valence-corrected chi connectivity index (χ3v) is 9.36. The van der Waals surface area contributed by atoms with Gasteiger partial charge in [0.05, 0.1) is 10.6 Å². The summed E-state index contributed by atoms with van der Waals surface area (Å²) in [6.07, 6.45) is 6.66. The van der Waals surface area contributed by atoms with Crippen LogP contribution in [0.3, 0.4) is 0 Å². The van der Waals surface area contributed by atoms with E-state index in [0.717, 1.165) is 24.8 Å². The molecule has 1 aromatic heterocycles. The molecule has 2 aromatic carbocycles. The van der Waals surface area contributed by atoms with Crippen molar-refractivity contribution in [3.05, 3.63) is 71.4 Å². The molecule has 0 aliphatic heterocycles. The second-order valence-corrected chi connectivity index (χ2v) is 15.3. The van der Waals surface area contributed by atoms with Gasteiger partial charge in [0.2, 0.25) is 5.89 Å². The molecule has 4 rings (SSSR count). The van der Waals surface area contributed by atoms with Crippen molar-refractivity contribution in [3.8, 4) is 0 Å². The van der Waals surface area contributed by atoms with Crippen LogP contribution in [0, 0.1) is 5.92 Å². The zero-order valence-electron chi connectivity index (χ0n) is 25.2. The zero-order chi connectivity index (χ0) is 29.8. The minimum atomic E-state index is -3.50. The molecule has 0 radical (unpaired) electrons. The highest BCUT2D eigenvalue weighted by molar-refractivity contribution is 7.90. The number of nitrogens with one attached hydrogen (secondary N) is 2. The van der Waals surface area contributed by atoms with Gasteiger partial charge in [0.25, 0.3) is 0 Å². The summed E-state index contributed by atoms with van der Waals surface area (Å²) < 4.78 is 31.6. The lowest BCUT2D eigenvalue weighted by Crippen LogP contribution is -2.34. The van der Waals surface area contributed by atoms with Crippen molar-refractivity contribution in [3.63, 3.8) is 0 Å². The second-order valence-electron chi connectivity index (χ2n) is 13.3. The number of carbonyl (C=O) groups is 1. The van der Waals surface area contributed by atoms with Gasteiger partial charge in [0, 0.05) is 11.1 Å². The summed E-state index contributed by atoms with van der Waals surface area (Å²) in [6, 6.07) is 13.2. The first kappa shape index (κ1) is 30.8. The highest BCUT2D eigenvalue weighted by atomic mass is 32.2. The quantitative estimate of drug-likeness (QED) is 0.286. The summed E-state index contributed by atoms with van der Waals surface area (Å²) in [5.41, 5.74) is 1.99. The zero-order valence-corrected chi connectivity index (χ0v) is 26.0. The van der Waals surface area contributed by atoms with E-state index >= 15 is 0 Å². The lowest BCUT2D eigenvalue weighted by atomic mass is 9.85. The summed E-state index contributed by atoms with van der Waals surface area (Å²) >= 11 is 0. The van der Waals surface area contributed by atoms with Gasteiger partial charge >= 0.3 is 6.03 Å². The molecule has 1 aliphatic carbocycles. The highest BCUT2D eigenvalue weighted by Gasteiger charge is 2.29. The van der Waals surface area contributed by atoms with E-state index in [1.807, 2.05) is 32.9 Å². The fourth-order valence-corrected chi connectivity index (χ4v) is 6.48. The molecule has 0 unspecified atom stereocenters. The molecule has 0 spiro atoms. The second kappa shape index (κ2) is 12.3. The topological polar surface area (TPSA) is 114 Å². The average molecular weight is 581 g/mol. The van der Waals surface area contributed by atoms with Gasteiger partial charge in [0.1, 0.15) is 6.04 Å². The Balaban J connectivity index is 1.40. The molecule has 3 aromatic rings. The van der Waals surface area contributed by atoms with Crippen LogP contribution < -0.4 is 10.6 Å². The number of amides is 2. The van der Waals surface area contributed by atoms with Crippen LogP contribution in [0.2, 0.25) is 0 Å². The molecule has 2 N–H and O–H groups in total. The molecule has 1 saturated carbocycles. The molecule has 222 valence electrons. The molecule has 1 heterocycles. The molecule has 0 bridgehead atoms. The summed E-state index contributed by atoms with van der Waals surface area (Å²) in [4.78, 5) is 17.9. The van der Waals surface area contributed by atoms with Crippen LogP contribution in [0.15, 0.2) is 57.9 Å². The van der Waals surface area contributed by atoms with E-state index in [4.69, 9.17) is 4.52 Å². The van der Waals surface area contributed by atoms with Crippen LogP contribution in [0.5, 0.6) is 0 Å². The molecule has 9 heteroatoms. The first-order chi connectivity index (χ1) is 19.2. The van der Waals surface area contributed by atoms with E-state index in [1.54, 1.807) is 36.4 Å². The van der Waals surface area contributed by atoms with Gasteiger partial charge in [-0.05, 0) is 53.1 Å². The van der Waals surface area contributed by atoms with Crippen LogP contribution in [-0.4, -0.2) is 24.6 Å². The Morgan fingerprint density at radius 2 is 1.56 bits per heavy atom. The van der Waals surface area contributed by atoms with Gasteiger partial charge in [-0.25, -0.2) is 13.2 Å². The first-order valence-electron chi connectivity index (χ1n) is 14.5. The van der Waals surface area contributed by atoms with Crippen molar-refractivity contribution in [1.82, 2.24) is 15.5 Å². The van der Waals surface area contributed by atoms with Gasteiger partial charge in [0.15, 0.2) is 15.7 Å². The summed E-state index contributed by atoms with van der Waals surface area (Å²) in [7, 11) is -3.50. The van der Waals surface area contributed by atoms with Gasteiger partial charge in [-0.1, -0.05) is 103 Å². The molecular weight excluding hydrogens is 536 g/mol. The van der Waals surface area contributed by atoms with E-state index in [-0.39, 0.29) is 22.6 Å². The standard InChI is InChI=1S/C32H44N4O4S/c1-31(2,3)24-14-18-26(19-15-24)41(38,39)21-23-12-16-25(17-13-23)33-30(37)34-27(20-22-10-8-7-9-11-22)28-35-29(36-40-28)32(4,5)6/h12-19,22,27H,7-11,20-21H2,1-6H3,(H2,33,34,37)/t27-/m1/s1. The number of urea groups is 1. The Morgan fingerprint density at radius 3 is 2.12 bits per heavy atom. The van der Waals surface area contributed by atoms with Gasteiger partial charge in [-0.2, -0.15) is 4.98 Å². The van der Waals surface area contributed by atoms with Crippen molar-refractivity contribution in [1.29, 1.82) is 0 Å². The summed E-state index contributed by atoms with van der Waals surface area (Å²) in [5.74, 6) is 1.40. The Morgan fingerprint density at radius 1 is 0.927 bits per heavy atom. The van der Waals surface area contributed by atoms with E-state index in [1.165, 1.54) is 19.3 Å². The maximum atomic E-state index is 13.0. The average Bonchev–Trinajstić information content (AvgIpc) is 3.41. The lowest BCUT2D eigenvalue weighted by Gasteiger charge is -2.25. The molecule has 8 nitrogen and oxygen atoms in total. The minimum absolute atomic E-state index is 0.0476. The van der Waals surface area contributed by atoms with Gasteiger partial charge in [-0.15, -0.1) is 0 Å². The predicted molar refractivity (Wildman–Crippen MR) is 162 cm³/mol. The number of benzene rings is 2. The maximum Gasteiger partial charge on any atom is 0.319 e. The molecule has 1 atom stereocenters. The van der Waals surface area contributed by atoms with Crippen molar-refractivity contribution in [2.75, 3.05) is 5.32 Å². The van der Waals surface area contributed by atoms with Crippen molar-refractivity contribution in [2.24, 2.45) is 5.92 Å². The third-order valence-electron chi connectivity index (χ3n) is 7.66. The summed E-state index contributed by atoms with van der Waals surface area (Å²) in [5, 5.41) is 10.1. The Labute approximate surface area is 244 Å². The number of hydrogen-bond acceptors (Lipinski definition) is 6. The highest BCUT2D eigenvalue weighted by Crippen LogP contribution is 2.32. The monoisotopic (exact) mass is 580 g/mol. The van der Waals surface area contributed by atoms with E-state index < -0.39 is 15.9 Å². The van der Waals surface area contributed by atoms with E-state index in [9.17, 15) is 13.2 Å². The third kappa shape index (κ3) is 8.41. The smallest absolute Gasteiger partial charge is 0.319 e. The molecule has 0 saturated heterocycles. The fraction of sp³-hybridized carbons (Fsp3) is 0.531. The SMILES string of the molecule is CC(C)(C)c1ccc(S(=O)(=O)Cc2ccc(NC(=O)N[C@H](CC3CCCCC3)c3nc(C(C)(C)C)no3)cc2)cc1. The number of hydrogen-bond donors (Lipinski definition) is 2. The normalized spacial score (nSPS) is 15.9. The molecular formula is C32H44N4O4S. The predicted octanol–water partition coefficient (Wildman–Crippen LogP) is 7.47. The lowest BCUT2D eigenvalue weighted by molar-refractivity contribution is 0.231. The number of nitrogens with zero attached hydrogens (tertiary/aromatic N) is 2. The fourth-order valence-electron chi connectivity index (χ4n) is 5.13.